The molecule has 2 fully saturated rings. The largest absolute Gasteiger partial charge is 0.380 e. The maximum Gasteiger partial charge on any atom is 0.243 e. The molecule has 1 saturated heterocycles. The Morgan fingerprint density at radius 1 is 1.25 bits per heavy atom. The molecule has 2 atom stereocenters. The van der Waals surface area contributed by atoms with Gasteiger partial charge in [0.15, 0.2) is 0 Å². The Hall–Kier alpha value is -0.980. The molecule has 0 amide bonds. The molecule has 20 heavy (non-hydrogen) atoms. The Balaban J connectivity index is 1.76. The summed E-state index contributed by atoms with van der Waals surface area (Å²) in [5.74, 6) is 1.36. The van der Waals surface area contributed by atoms with Crippen molar-refractivity contribution in [2.24, 2.45) is 0 Å². The van der Waals surface area contributed by atoms with Crippen LogP contribution in [0.25, 0.3) is 0 Å². The van der Waals surface area contributed by atoms with Gasteiger partial charge >= 0.3 is 0 Å². The first-order chi connectivity index (χ1) is 9.77. The van der Waals surface area contributed by atoms with E-state index in [2.05, 4.69) is 15.5 Å². The summed E-state index contributed by atoms with van der Waals surface area (Å²) in [6.07, 6.45) is 6.62. The van der Waals surface area contributed by atoms with Crippen LogP contribution in [0.5, 0.6) is 0 Å². The topological polar surface area (TPSA) is 69.4 Å². The normalized spacial score (nSPS) is 29.7. The van der Waals surface area contributed by atoms with Gasteiger partial charge in [0.2, 0.25) is 11.7 Å². The third-order valence-corrected chi connectivity index (χ3v) is 4.62. The first kappa shape index (κ1) is 14.0. The number of hydrogen-bond acceptors (Lipinski definition) is 6. The Kier molecular flexibility index (Phi) is 4.05. The van der Waals surface area contributed by atoms with Gasteiger partial charge in [-0.25, -0.2) is 0 Å². The van der Waals surface area contributed by atoms with Crippen LogP contribution in [0.4, 0.5) is 0 Å². The SMILES string of the molecule is CO[C@@H]1CN[C@@H](c2nc(C3(OC)CCCCC3)no2)C1. The summed E-state index contributed by atoms with van der Waals surface area (Å²) < 4.78 is 16.6. The van der Waals surface area contributed by atoms with Crippen molar-refractivity contribution in [3.8, 4) is 0 Å². The maximum atomic E-state index is 5.75. The molecule has 1 aromatic heterocycles. The minimum atomic E-state index is -0.348. The standard InChI is InChI=1S/C14H23N3O3/c1-18-10-8-11(15-9-10)12-16-13(17-20-12)14(19-2)6-4-3-5-7-14/h10-11,15H,3-9H2,1-2H3/t10-,11+/m0/s1. The number of nitrogens with zero attached hydrogens (tertiary/aromatic N) is 2. The third kappa shape index (κ3) is 2.47. The van der Waals surface area contributed by atoms with Crippen LogP contribution in [0.2, 0.25) is 0 Å². The van der Waals surface area contributed by atoms with E-state index in [1.807, 2.05) is 0 Å². The van der Waals surface area contributed by atoms with Crippen molar-refractivity contribution >= 4 is 0 Å². The highest BCUT2D eigenvalue weighted by atomic mass is 16.5. The van der Waals surface area contributed by atoms with Crippen molar-refractivity contribution < 1.29 is 14.0 Å². The molecule has 0 bridgehead atoms. The second-order valence-electron chi connectivity index (χ2n) is 5.77. The van der Waals surface area contributed by atoms with Gasteiger partial charge in [0.05, 0.1) is 12.1 Å². The molecular weight excluding hydrogens is 258 g/mol. The van der Waals surface area contributed by atoms with Gasteiger partial charge < -0.3 is 19.3 Å². The summed E-state index contributed by atoms with van der Waals surface area (Å²) in [7, 11) is 3.48. The van der Waals surface area contributed by atoms with Gasteiger partial charge in [-0.15, -0.1) is 0 Å². The predicted molar refractivity (Wildman–Crippen MR) is 72.2 cm³/mol. The molecule has 0 unspecified atom stereocenters. The molecule has 2 heterocycles. The van der Waals surface area contributed by atoms with Gasteiger partial charge in [-0.05, 0) is 19.3 Å². The lowest BCUT2D eigenvalue weighted by atomic mass is 9.84. The fraction of sp³-hybridized carbons (Fsp3) is 0.857. The van der Waals surface area contributed by atoms with Crippen LogP contribution >= 0.6 is 0 Å². The Morgan fingerprint density at radius 2 is 2.05 bits per heavy atom. The van der Waals surface area contributed by atoms with Crippen LogP contribution in [0, 0.1) is 0 Å². The molecule has 1 aliphatic heterocycles. The van der Waals surface area contributed by atoms with Crippen molar-refractivity contribution in [2.45, 2.75) is 56.3 Å². The lowest BCUT2D eigenvalue weighted by Gasteiger charge is -2.32. The molecule has 0 spiro atoms. The highest BCUT2D eigenvalue weighted by Gasteiger charge is 2.39. The van der Waals surface area contributed by atoms with E-state index >= 15 is 0 Å². The van der Waals surface area contributed by atoms with Gasteiger partial charge in [0.1, 0.15) is 5.60 Å². The summed E-state index contributed by atoms with van der Waals surface area (Å²) in [5.41, 5.74) is -0.348. The quantitative estimate of drug-likeness (QED) is 0.909. The molecule has 6 heteroatoms. The molecule has 1 aromatic rings. The Bertz CT molecular complexity index is 443. The lowest BCUT2D eigenvalue weighted by molar-refractivity contribution is -0.0527. The summed E-state index contributed by atoms with van der Waals surface area (Å²) in [5, 5.41) is 7.55. The number of nitrogens with one attached hydrogen (secondary N) is 1. The molecule has 1 saturated carbocycles. The number of aromatic nitrogens is 2. The van der Waals surface area contributed by atoms with E-state index in [1.165, 1.54) is 6.42 Å². The molecule has 0 radical (unpaired) electrons. The summed E-state index contributed by atoms with van der Waals surface area (Å²) in [4.78, 5) is 4.61. The molecule has 6 nitrogen and oxygen atoms in total. The number of ether oxygens (including phenoxy) is 2. The van der Waals surface area contributed by atoms with Crippen molar-refractivity contribution in [2.75, 3.05) is 20.8 Å². The van der Waals surface area contributed by atoms with Crippen LogP contribution in [0.15, 0.2) is 4.52 Å². The van der Waals surface area contributed by atoms with E-state index in [1.54, 1.807) is 14.2 Å². The summed E-state index contributed by atoms with van der Waals surface area (Å²) in [6, 6.07) is 0.0960. The van der Waals surface area contributed by atoms with Crippen LogP contribution < -0.4 is 5.32 Å². The third-order valence-electron chi connectivity index (χ3n) is 4.62. The van der Waals surface area contributed by atoms with Gasteiger partial charge in [-0.1, -0.05) is 24.4 Å². The maximum absolute atomic E-state index is 5.75. The Labute approximate surface area is 119 Å². The van der Waals surface area contributed by atoms with Gasteiger partial charge in [-0.3, -0.25) is 0 Å². The van der Waals surface area contributed by atoms with Crippen molar-refractivity contribution in [3.63, 3.8) is 0 Å². The molecule has 0 aromatic carbocycles. The number of hydrogen-bond donors (Lipinski definition) is 1. The second kappa shape index (κ2) is 5.79. The first-order valence-electron chi connectivity index (χ1n) is 7.43. The summed E-state index contributed by atoms with van der Waals surface area (Å²) in [6.45, 7) is 0.828. The van der Waals surface area contributed by atoms with Gasteiger partial charge in [-0.2, -0.15) is 4.98 Å². The van der Waals surface area contributed by atoms with Crippen LogP contribution in [-0.4, -0.2) is 37.0 Å². The Morgan fingerprint density at radius 3 is 2.70 bits per heavy atom. The fourth-order valence-corrected chi connectivity index (χ4v) is 3.27. The highest BCUT2D eigenvalue weighted by Crippen LogP contribution is 2.39. The molecule has 2 aliphatic rings. The van der Waals surface area contributed by atoms with Gasteiger partial charge in [0, 0.05) is 20.8 Å². The molecule has 1 N–H and O–H groups in total. The zero-order chi connectivity index (χ0) is 14.0. The highest BCUT2D eigenvalue weighted by molar-refractivity contribution is 5.06. The smallest absolute Gasteiger partial charge is 0.243 e. The van der Waals surface area contributed by atoms with E-state index in [0.717, 1.165) is 38.6 Å². The average Bonchev–Trinajstić information content (AvgIpc) is 3.16. The zero-order valence-corrected chi connectivity index (χ0v) is 12.2. The fourth-order valence-electron chi connectivity index (χ4n) is 3.27. The van der Waals surface area contributed by atoms with Gasteiger partial charge in [0.25, 0.3) is 0 Å². The van der Waals surface area contributed by atoms with Crippen molar-refractivity contribution in [1.29, 1.82) is 0 Å². The van der Waals surface area contributed by atoms with E-state index in [4.69, 9.17) is 14.0 Å². The van der Waals surface area contributed by atoms with E-state index < -0.39 is 0 Å². The predicted octanol–water partition coefficient (Wildman–Crippen LogP) is 1.92. The van der Waals surface area contributed by atoms with Crippen molar-refractivity contribution in [3.05, 3.63) is 11.7 Å². The molecule has 3 rings (SSSR count). The van der Waals surface area contributed by atoms with Crippen LogP contribution in [0.1, 0.15) is 56.3 Å². The number of rotatable bonds is 4. The van der Waals surface area contributed by atoms with E-state index in [0.29, 0.717) is 11.7 Å². The minimum Gasteiger partial charge on any atom is -0.380 e. The van der Waals surface area contributed by atoms with E-state index in [9.17, 15) is 0 Å². The molecular formula is C14H23N3O3. The first-order valence-corrected chi connectivity index (χ1v) is 7.43. The monoisotopic (exact) mass is 281 g/mol. The molecule has 112 valence electrons. The zero-order valence-electron chi connectivity index (χ0n) is 12.2. The molecule has 1 aliphatic carbocycles. The summed E-state index contributed by atoms with van der Waals surface area (Å²) >= 11 is 0. The average molecular weight is 281 g/mol. The lowest BCUT2D eigenvalue weighted by Crippen LogP contribution is -2.32. The number of methoxy groups -OCH3 is 2. The minimum absolute atomic E-state index is 0.0960. The second-order valence-corrected chi connectivity index (χ2v) is 5.77. The van der Waals surface area contributed by atoms with Crippen LogP contribution in [0.3, 0.4) is 0 Å². The van der Waals surface area contributed by atoms with Crippen molar-refractivity contribution in [1.82, 2.24) is 15.5 Å². The van der Waals surface area contributed by atoms with Crippen LogP contribution in [-0.2, 0) is 15.1 Å². The van der Waals surface area contributed by atoms with E-state index in [-0.39, 0.29) is 17.7 Å².